The number of aliphatic hydroxyl groups is 2. The van der Waals surface area contributed by atoms with Crippen LogP contribution < -0.4 is 5.73 Å². The van der Waals surface area contributed by atoms with Crippen molar-refractivity contribution in [2.75, 3.05) is 0 Å². The SMILES string of the molecule is Cc1cc(-c2ccc(O)c3c2C[C@H]2CC4CC(O)=C(C(N)=O)C(=O)C4C(O)=C2C3=O)ccc1F. The van der Waals surface area contributed by atoms with E-state index in [0.29, 0.717) is 35.1 Å². The summed E-state index contributed by atoms with van der Waals surface area (Å²) in [4.78, 5) is 38.1. The van der Waals surface area contributed by atoms with E-state index in [4.69, 9.17) is 5.73 Å². The van der Waals surface area contributed by atoms with Gasteiger partial charge in [0, 0.05) is 12.0 Å². The van der Waals surface area contributed by atoms with E-state index in [2.05, 4.69) is 0 Å². The molecule has 2 aromatic carbocycles. The summed E-state index contributed by atoms with van der Waals surface area (Å²) in [6.45, 7) is 1.64. The Morgan fingerprint density at radius 3 is 2.50 bits per heavy atom. The molecule has 0 spiro atoms. The van der Waals surface area contributed by atoms with Gasteiger partial charge in [0.2, 0.25) is 0 Å². The van der Waals surface area contributed by atoms with E-state index < -0.39 is 52.3 Å². The number of halogens is 1. The molecule has 5 rings (SSSR count). The molecule has 0 saturated carbocycles. The molecule has 2 unspecified atom stereocenters. The summed E-state index contributed by atoms with van der Waals surface area (Å²) in [5.74, 6) is -6.05. The van der Waals surface area contributed by atoms with E-state index in [1.54, 1.807) is 25.1 Å². The molecule has 1 amide bonds. The average molecular weight is 463 g/mol. The van der Waals surface area contributed by atoms with Crippen molar-refractivity contribution >= 4 is 17.5 Å². The summed E-state index contributed by atoms with van der Waals surface area (Å²) in [5, 5.41) is 31.9. The second-order valence-corrected chi connectivity index (χ2v) is 9.21. The molecule has 0 saturated heterocycles. The quantitative estimate of drug-likeness (QED) is 0.502. The zero-order valence-corrected chi connectivity index (χ0v) is 18.3. The van der Waals surface area contributed by atoms with E-state index in [1.807, 2.05) is 0 Å². The molecule has 7 nitrogen and oxygen atoms in total. The number of aryl methyl sites for hydroxylation is 1. The first-order valence-corrected chi connectivity index (χ1v) is 10.9. The van der Waals surface area contributed by atoms with Gasteiger partial charge in [0.1, 0.15) is 28.7 Å². The molecule has 3 atom stereocenters. The number of carbonyl (C=O) groups is 3. The van der Waals surface area contributed by atoms with Crippen LogP contribution in [0.5, 0.6) is 5.75 Å². The van der Waals surface area contributed by atoms with Crippen molar-refractivity contribution < 1.29 is 34.1 Å². The van der Waals surface area contributed by atoms with Crippen molar-refractivity contribution in [3.63, 3.8) is 0 Å². The van der Waals surface area contributed by atoms with E-state index in [1.165, 1.54) is 12.1 Å². The largest absolute Gasteiger partial charge is 0.511 e. The number of carbonyl (C=O) groups excluding carboxylic acids is 3. The lowest BCUT2D eigenvalue weighted by molar-refractivity contribution is -0.126. The second kappa shape index (κ2) is 7.55. The highest BCUT2D eigenvalue weighted by Gasteiger charge is 2.50. The van der Waals surface area contributed by atoms with Crippen molar-refractivity contribution in [3.05, 3.63) is 75.5 Å². The number of phenolic OH excluding ortho intramolecular Hbond substituents is 1. The van der Waals surface area contributed by atoms with Gasteiger partial charge in [-0.3, -0.25) is 14.4 Å². The fraction of sp³-hybridized carbons (Fsp3) is 0.269. The van der Waals surface area contributed by atoms with Gasteiger partial charge in [-0.15, -0.1) is 0 Å². The van der Waals surface area contributed by atoms with Crippen LogP contribution in [0, 0.1) is 30.5 Å². The first kappa shape index (κ1) is 21.9. The number of primary amides is 1. The molecule has 3 aliphatic rings. The number of aromatic hydroxyl groups is 1. The maximum Gasteiger partial charge on any atom is 0.255 e. The van der Waals surface area contributed by atoms with Crippen molar-refractivity contribution in [2.45, 2.75) is 26.2 Å². The lowest BCUT2D eigenvalue weighted by Crippen LogP contribution is -2.43. The number of hydrogen-bond donors (Lipinski definition) is 4. The Kier molecular flexibility index (Phi) is 4.86. The summed E-state index contributed by atoms with van der Waals surface area (Å²) >= 11 is 0. The summed E-state index contributed by atoms with van der Waals surface area (Å²) in [6.07, 6.45) is 0.591. The van der Waals surface area contributed by atoms with Crippen LogP contribution >= 0.6 is 0 Å². The third-order valence-electron chi connectivity index (χ3n) is 7.24. The Balaban J connectivity index is 1.65. The molecule has 0 bridgehead atoms. The number of hydrogen-bond acceptors (Lipinski definition) is 6. The van der Waals surface area contributed by atoms with Gasteiger partial charge in [-0.2, -0.15) is 0 Å². The fourth-order valence-electron chi connectivity index (χ4n) is 5.72. The summed E-state index contributed by atoms with van der Waals surface area (Å²) in [6, 6.07) is 7.67. The number of amides is 1. The lowest BCUT2D eigenvalue weighted by atomic mass is 9.62. The van der Waals surface area contributed by atoms with Crippen molar-refractivity contribution in [1.82, 2.24) is 0 Å². The van der Waals surface area contributed by atoms with Crippen LogP contribution in [0.1, 0.15) is 34.3 Å². The van der Waals surface area contributed by atoms with Crippen LogP contribution in [0.3, 0.4) is 0 Å². The standard InChI is InChI=1S/C26H22FNO6/c1-10-6-11(2-4-16(10)27)14-3-5-17(29)21-15(14)8-12-7-13-9-18(30)22(26(28)34)25(33)20(13)23(31)19(12)24(21)32/h2-6,12-13,20,29-31H,7-9H2,1H3,(H2,28,34)/t12-,13?,20?/m1/s1. The third kappa shape index (κ3) is 3.05. The van der Waals surface area contributed by atoms with Gasteiger partial charge in [0.05, 0.1) is 11.5 Å². The van der Waals surface area contributed by atoms with E-state index in [9.17, 15) is 34.1 Å². The molecule has 0 aromatic heterocycles. The predicted octanol–water partition coefficient (Wildman–Crippen LogP) is 3.58. The normalized spacial score (nSPS) is 24.0. The van der Waals surface area contributed by atoms with Crippen molar-refractivity contribution in [3.8, 4) is 16.9 Å². The van der Waals surface area contributed by atoms with Gasteiger partial charge < -0.3 is 21.1 Å². The van der Waals surface area contributed by atoms with Gasteiger partial charge in [0.15, 0.2) is 11.6 Å². The van der Waals surface area contributed by atoms with E-state index in [-0.39, 0.29) is 29.1 Å². The van der Waals surface area contributed by atoms with Crippen LogP contribution in [-0.4, -0.2) is 32.8 Å². The smallest absolute Gasteiger partial charge is 0.255 e. The van der Waals surface area contributed by atoms with Crippen molar-refractivity contribution in [1.29, 1.82) is 0 Å². The minimum absolute atomic E-state index is 0.0202. The summed E-state index contributed by atoms with van der Waals surface area (Å²) in [7, 11) is 0. The molecular formula is C26H22FNO6. The number of aliphatic hydroxyl groups excluding tert-OH is 2. The molecule has 3 aliphatic carbocycles. The molecule has 0 radical (unpaired) electrons. The number of allylic oxidation sites excluding steroid dienone is 3. The van der Waals surface area contributed by atoms with Crippen LogP contribution in [0.2, 0.25) is 0 Å². The average Bonchev–Trinajstić information content (AvgIpc) is 2.75. The molecule has 5 N–H and O–H groups in total. The zero-order chi connectivity index (χ0) is 24.5. The molecular weight excluding hydrogens is 441 g/mol. The van der Waals surface area contributed by atoms with Gasteiger partial charge >= 0.3 is 0 Å². The van der Waals surface area contributed by atoms with Crippen LogP contribution in [0.25, 0.3) is 11.1 Å². The monoisotopic (exact) mass is 463 g/mol. The Hall–Kier alpha value is -3.94. The van der Waals surface area contributed by atoms with Crippen LogP contribution in [0.4, 0.5) is 4.39 Å². The molecule has 2 aromatic rings. The molecule has 8 heteroatoms. The molecule has 174 valence electrons. The minimum atomic E-state index is -1.15. The first-order valence-electron chi connectivity index (χ1n) is 10.9. The van der Waals surface area contributed by atoms with E-state index in [0.717, 1.165) is 0 Å². The highest BCUT2D eigenvalue weighted by atomic mass is 19.1. The Labute approximate surface area is 194 Å². The third-order valence-corrected chi connectivity index (χ3v) is 7.24. The number of ketones is 2. The molecule has 0 aliphatic heterocycles. The highest BCUT2D eigenvalue weighted by Crippen LogP contribution is 2.50. The van der Waals surface area contributed by atoms with Gasteiger partial charge in [-0.05, 0) is 72.1 Å². The summed E-state index contributed by atoms with van der Waals surface area (Å²) < 4.78 is 13.8. The highest BCUT2D eigenvalue weighted by molar-refractivity contribution is 6.22. The first-order chi connectivity index (χ1) is 16.1. The number of nitrogens with two attached hydrogens (primary N) is 1. The maximum atomic E-state index is 13.8. The zero-order valence-electron chi connectivity index (χ0n) is 18.3. The number of phenols is 1. The second-order valence-electron chi connectivity index (χ2n) is 9.21. The number of Topliss-reactive ketones (excluding diaryl/α,β-unsaturated/α-hetero) is 2. The van der Waals surface area contributed by atoms with E-state index >= 15 is 0 Å². The van der Waals surface area contributed by atoms with Gasteiger partial charge in [0.25, 0.3) is 5.91 Å². The molecule has 0 heterocycles. The van der Waals surface area contributed by atoms with Crippen LogP contribution in [-0.2, 0) is 16.0 Å². The minimum Gasteiger partial charge on any atom is -0.511 e. The predicted molar refractivity (Wildman–Crippen MR) is 119 cm³/mol. The number of rotatable bonds is 2. The Bertz CT molecular complexity index is 1370. The Morgan fingerprint density at radius 1 is 1.09 bits per heavy atom. The van der Waals surface area contributed by atoms with Crippen molar-refractivity contribution in [2.24, 2.45) is 23.5 Å². The van der Waals surface area contributed by atoms with Crippen LogP contribution in [0.15, 0.2) is 53.0 Å². The maximum absolute atomic E-state index is 13.8. The molecule has 34 heavy (non-hydrogen) atoms. The number of benzene rings is 2. The lowest BCUT2D eigenvalue weighted by Gasteiger charge is -2.41. The van der Waals surface area contributed by atoms with Gasteiger partial charge in [-0.25, -0.2) is 4.39 Å². The Morgan fingerprint density at radius 2 is 1.82 bits per heavy atom. The fourth-order valence-corrected chi connectivity index (χ4v) is 5.72. The molecule has 0 fully saturated rings. The van der Waals surface area contributed by atoms with Gasteiger partial charge in [-0.1, -0.05) is 12.1 Å². The number of fused-ring (bicyclic) bond motifs is 3. The summed E-state index contributed by atoms with van der Waals surface area (Å²) in [5.41, 5.74) is 7.15. The topological polar surface area (TPSA) is 138 Å².